The van der Waals surface area contributed by atoms with Crippen LogP contribution in [-0.4, -0.2) is 11.5 Å². The Balaban J connectivity index is 1.94. The summed E-state index contributed by atoms with van der Waals surface area (Å²) in [4.78, 5) is 6.79. The Morgan fingerprint density at radius 2 is 1.73 bits per heavy atom. The second kappa shape index (κ2) is 5.19. The first-order valence-electron chi connectivity index (χ1n) is 7.47. The van der Waals surface area contributed by atoms with Crippen LogP contribution in [0, 0.1) is 0 Å². The van der Waals surface area contributed by atoms with Crippen molar-refractivity contribution in [1.29, 1.82) is 0 Å². The summed E-state index contributed by atoms with van der Waals surface area (Å²) < 4.78 is 6.10. The van der Waals surface area contributed by atoms with Crippen molar-refractivity contribution in [3.8, 4) is 22.8 Å². The lowest BCUT2D eigenvalue weighted by molar-refractivity contribution is 0.474. The maximum atomic E-state index is 6.10. The van der Waals surface area contributed by atoms with Gasteiger partial charge in [0, 0.05) is 18.3 Å². The van der Waals surface area contributed by atoms with Crippen molar-refractivity contribution in [3.63, 3.8) is 0 Å². The number of aromatic nitrogens is 1. The summed E-state index contributed by atoms with van der Waals surface area (Å²) in [5.74, 6) is 1.78. The van der Waals surface area contributed by atoms with E-state index in [0.29, 0.717) is 0 Å². The van der Waals surface area contributed by atoms with Crippen LogP contribution in [0.1, 0.15) is 6.92 Å². The van der Waals surface area contributed by atoms with Gasteiger partial charge in [0.15, 0.2) is 11.5 Å². The number of nitrogens with zero attached hydrogens (tertiary/aromatic N) is 2. The van der Waals surface area contributed by atoms with Crippen molar-refractivity contribution >= 4 is 11.4 Å². The molecule has 0 unspecified atom stereocenters. The van der Waals surface area contributed by atoms with Gasteiger partial charge in [0.05, 0.1) is 17.1 Å². The summed E-state index contributed by atoms with van der Waals surface area (Å²) in [5.41, 5.74) is 4.23. The van der Waals surface area contributed by atoms with Crippen LogP contribution >= 0.6 is 0 Å². The molecule has 0 spiro atoms. The van der Waals surface area contributed by atoms with Crippen molar-refractivity contribution in [2.45, 2.75) is 6.92 Å². The minimum atomic E-state index is 0.872. The molecule has 0 bridgehead atoms. The summed E-state index contributed by atoms with van der Waals surface area (Å²) in [6.07, 6.45) is 1.82. The molecule has 1 aliphatic rings. The lowest BCUT2D eigenvalue weighted by atomic mass is 10.0. The number of para-hydroxylation sites is 3. The van der Waals surface area contributed by atoms with Crippen molar-refractivity contribution in [2.75, 3.05) is 11.4 Å². The van der Waals surface area contributed by atoms with Crippen molar-refractivity contribution < 1.29 is 4.74 Å². The first kappa shape index (κ1) is 12.9. The van der Waals surface area contributed by atoms with E-state index in [1.807, 2.05) is 54.7 Å². The second-order valence-corrected chi connectivity index (χ2v) is 5.18. The van der Waals surface area contributed by atoms with E-state index in [2.05, 4.69) is 28.9 Å². The van der Waals surface area contributed by atoms with Crippen molar-refractivity contribution in [2.24, 2.45) is 0 Å². The third-order valence-corrected chi connectivity index (χ3v) is 3.90. The Kier molecular flexibility index (Phi) is 3.04. The lowest BCUT2D eigenvalue weighted by Gasteiger charge is -2.33. The zero-order valence-electron chi connectivity index (χ0n) is 12.4. The molecule has 1 aromatic heterocycles. The molecular weight excluding hydrogens is 272 g/mol. The molecule has 0 saturated heterocycles. The lowest BCUT2D eigenvalue weighted by Crippen LogP contribution is -2.21. The van der Waals surface area contributed by atoms with Gasteiger partial charge in [-0.2, -0.15) is 0 Å². The third-order valence-electron chi connectivity index (χ3n) is 3.90. The molecule has 0 saturated carbocycles. The summed E-state index contributed by atoms with van der Waals surface area (Å²) in [6, 6.07) is 20.2. The van der Waals surface area contributed by atoms with Gasteiger partial charge in [-0.05, 0) is 37.3 Å². The fraction of sp³-hybridized carbons (Fsp3) is 0.105. The molecule has 108 valence electrons. The summed E-state index contributed by atoms with van der Waals surface area (Å²) >= 11 is 0. The summed E-state index contributed by atoms with van der Waals surface area (Å²) in [5, 5.41) is 0. The Bertz CT molecular complexity index is 815. The van der Waals surface area contributed by atoms with Gasteiger partial charge >= 0.3 is 0 Å². The molecule has 0 radical (unpaired) electrons. The predicted octanol–water partition coefficient (Wildman–Crippen LogP) is 5.01. The molecule has 0 N–H and O–H groups in total. The van der Waals surface area contributed by atoms with Crippen LogP contribution in [0.3, 0.4) is 0 Å². The van der Waals surface area contributed by atoms with E-state index in [9.17, 15) is 0 Å². The highest BCUT2D eigenvalue weighted by Gasteiger charge is 2.26. The number of benzene rings is 2. The normalized spacial score (nSPS) is 12.3. The van der Waals surface area contributed by atoms with E-state index in [4.69, 9.17) is 4.74 Å². The van der Waals surface area contributed by atoms with Gasteiger partial charge in [0.25, 0.3) is 0 Å². The van der Waals surface area contributed by atoms with Crippen LogP contribution in [-0.2, 0) is 0 Å². The molecule has 0 amide bonds. The van der Waals surface area contributed by atoms with Gasteiger partial charge in [-0.25, -0.2) is 0 Å². The number of fused-ring (bicyclic) bond motifs is 2. The average molecular weight is 288 g/mol. The predicted molar refractivity (Wildman–Crippen MR) is 88.9 cm³/mol. The van der Waals surface area contributed by atoms with E-state index in [1.165, 1.54) is 0 Å². The molecule has 0 aliphatic carbocycles. The number of rotatable bonds is 2. The van der Waals surface area contributed by atoms with Gasteiger partial charge < -0.3 is 9.64 Å². The fourth-order valence-electron chi connectivity index (χ4n) is 2.95. The van der Waals surface area contributed by atoms with E-state index >= 15 is 0 Å². The number of anilines is 2. The Hall–Kier alpha value is -2.81. The molecular formula is C19H16N2O. The van der Waals surface area contributed by atoms with Crippen molar-refractivity contribution in [3.05, 3.63) is 66.9 Å². The van der Waals surface area contributed by atoms with E-state index in [-0.39, 0.29) is 0 Å². The van der Waals surface area contributed by atoms with Crippen LogP contribution in [0.25, 0.3) is 11.3 Å². The molecule has 3 aromatic rings. The van der Waals surface area contributed by atoms with Crippen LogP contribution in [0.2, 0.25) is 0 Å². The minimum Gasteiger partial charge on any atom is -0.453 e. The highest BCUT2D eigenvalue weighted by Crippen LogP contribution is 2.49. The maximum absolute atomic E-state index is 6.10. The summed E-state index contributed by atoms with van der Waals surface area (Å²) in [7, 11) is 0. The monoisotopic (exact) mass is 288 g/mol. The van der Waals surface area contributed by atoms with Gasteiger partial charge in [0.1, 0.15) is 0 Å². The smallest absolute Gasteiger partial charge is 0.151 e. The van der Waals surface area contributed by atoms with Gasteiger partial charge in [-0.15, -0.1) is 0 Å². The second-order valence-electron chi connectivity index (χ2n) is 5.18. The third kappa shape index (κ3) is 1.94. The van der Waals surface area contributed by atoms with Crippen LogP contribution in [0.15, 0.2) is 66.9 Å². The average Bonchev–Trinajstić information content (AvgIpc) is 2.60. The first-order chi connectivity index (χ1) is 10.9. The molecule has 0 fully saturated rings. The van der Waals surface area contributed by atoms with Gasteiger partial charge in [-0.3, -0.25) is 4.98 Å². The highest BCUT2D eigenvalue weighted by atomic mass is 16.5. The molecule has 2 heterocycles. The quantitative estimate of drug-likeness (QED) is 0.662. The van der Waals surface area contributed by atoms with Crippen LogP contribution in [0.4, 0.5) is 11.4 Å². The SMILES string of the molecule is CCN1c2ccccc2Oc2cccc(-c3ccccn3)c21. The molecule has 3 heteroatoms. The zero-order chi connectivity index (χ0) is 14.9. The molecule has 0 atom stereocenters. The zero-order valence-corrected chi connectivity index (χ0v) is 12.4. The number of hydrogen-bond donors (Lipinski definition) is 0. The fourth-order valence-corrected chi connectivity index (χ4v) is 2.95. The van der Waals surface area contributed by atoms with Gasteiger partial charge in [0.2, 0.25) is 0 Å². The summed E-state index contributed by atoms with van der Waals surface area (Å²) in [6.45, 7) is 3.03. The Morgan fingerprint density at radius 3 is 2.55 bits per heavy atom. The molecule has 4 rings (SSSR count). The van der Waals surface area contributed by atoms with Gasteiger partial charge in [-0.1, -0.05) is 30.3 Å². The number of hydrogen-bond acceptors (Lipinski definition) is 3. The first-order valence-corrected chi connectivity index (χ1v) is 7.47. The molecule has 2 aromatic carbocycles. The van der Waals surface area contributed by atoms with Crippen LogP contribution < -0.4 is 9.64 Å². The Morgan fingerprint density at radius 1 is 0.909 bits per heavy atom. The molecule has 1 aliphatic heterocycles. The van der Waals surface area contributed by atoms with Crippen molar-refractivity contribution in [1.82, 2.24) is 4.98 Å². The Labute approximate surface area is 129 Å². The number of ether oxygens (including phenoxy) is 1. The van der Waals surface area contributed by atoms with E-state index in [1.54, 1.807) is 0 Å². The largest absolute Gasteiger partial charge is 0.453 e. The highest BCUT2D eigenvalue weighted by molar-refractivity contribution is 5.89. The number of pyridine rings is 1. The van der Waals surface area contributed by atoms with E-state index < -0.39 is 0 Å². The molecule has 22 heavy (non-hydrogen) atoms. The topological polar surface area (TPSA) is 25.4 Å². The van der Waals surface area contributed by atoms with Crippen LogP contribution in [0.5, 0.6) is 11.5 Å². The molecule has 3 nitrogen and oxygen atoms in total. The minimum absolute atomic E-state index is 0.872. The van der Waals surface area contributed by atoms with E-state index in [0.717, 1.165) is 40.7 Å². The standard InChI is InChI=1S/C19H16N2O/c1-2-21-16-10-3-4-11-17(16)22-18-12-7-8-14(19(18)21)15-9-5-6-13-20-15/h3-13H,2H2,1H3. The maximum Gasteiger partial charge on any atom is 0.151 e.